The molecule has 0 radical (unpaired) electrons. The van der Waals surface area contributed by atoms with Crippen LogP contribution in [0.5, 0.6) is 0 Å². The number of carboxylic acid groups (broad SMARTS) is 1. The van der Waals surface area contributed by atoms with E-state index in [4.69, 9.17) is 0 Å². The molecule has 0 fully saturated rings. The Morgan fingerprint density at radius 2 is 1.00 bits per heavy atom. The average Bonchev–Trinajstić information content (AvgIpc) is 2.31. The van der Waals surface area contributed by atoms with Gasteiger partial charge in [-0.3, -0.25) is 4.79 Å². The van der Waals surface area contributed by atoms with Crippen LogP contribution in [0.1, 0.15) is 17.0 Å². The van der Waals surface area contributed by atoms with Crippen LogP contribution in [0, 0.1) is 0 Å². The first-order valence-corrected chi connectivity index (χ1v) is 5.12. The summed E-state index contributed by atoms with van der Waals surface area (Å²) >= 11 is 0. The maximum atomic E-state index is 11.3. The number of hydrogen-bond donors (Lipinski definition) is 1. The molecule has 2 aromatic carbocycles. The first-order valence-electron chi connectivity index (χ1n) is 5.12. The summed E-state index contributed by atoms with van der Waals surface area (Å²) in [7, 11) is 0. The Hall–Kier alpha value is -0.216. The van der Waals surface area contributed by atoms with E-state index in [2.05, 4.69) is 0 Å². The van der Waals surface area contributed by atoms with Crippen molar-refractivity contribution in [3.05, 3.63) is 71.8 Å². The molecule has 0 atom stereocenters. The molecule has 21 heavy (non-hydrogen) atoms. The largest absolute Gasteiger partial charge is 4.00 e. The van der Waals surface area contributed by atoms with Crippen molar-refractivity contribution in [1.82, 2.24) is 0 Å². The first kappa shape index (κ1) is 28.9. The number of halogens is 4. The molecule has 7 heteroatoms. The Labute approximate surface area is 164 Å². The van der Waals surface area contributed by atoms with E-state index in [1.165, 1.54) is 0 Å². The molecule has 0 saturated heterocycles. The van der Waals surface area contributed by atoms with Crippen LogP contribution in [0.15, 0.2) is 60.7 Å². The third-order valence-corrected chi connectivity index (χ3v) is 2.51. The van der Waals surface area contributed by atoms with Crippen LogP contribution in [0.25, 0.3) is 0 Å². The van der Waals surface area contributed by atoms with Crippen LogP contribution in [0.4, 0.5) is 0 Å². The van der Waals surface area contributed by atoms with Gasteiger partial charge in [0, 0.05) is 0 Å². The van der Waals surface area contributed by atoms with E-state index < -0.39 is 11.9 Å². The second-order valence-corrected chi connectivity index (χ2v) is 3.59. The van der Waals surface area contributed by atoms with Crippen LogP contribution >= 0.6 is 0 Å². The third kappa shape index (κ3) is 8.11. The predicted molar refractivity (Wildman–Crippen MR) is 62.4 cm³/mol. The molecule has 0 saturated carbocycles. The van der Waals surface area contributed by atoms with Crippen molar-refractivity contribution in [2.24, 2.45) is 0 Å². The van der Waals surface area contributed by atoms with Crippen LogP contribution in [0.2, 0.25) is 0 Å². The molecule has 2 rings (SSSR count). The fourth-order valence-electron chi connectivity index (χ4n) is 1.77. The van der Waals surface area contributed by atoms with Crippen LogP contribution in [-0.4, -0.2) is 11.1 Å². The van der Waals surface area contributed by atoms with Crippen LogP contribution in [-0.2, 0) is 26.5 Å². The molecular formula is C14H12Cl4O2Ti. The topological polar surface area (TPSA) is 37.3 Å². The predicted octanol–water partition coefficient (Wildman–Crippen LogP) is -9.08. The Kier molecular flexibility index (Phi) is 20.2. The molecule has 0 aliphatic rings. The zero-order valence-corrected chi connectivity index (χ0v) is 15.3. The van der Waals surface area contributed by atoms with Crippen LogP contribution in [0.3, 0.4) is 0 Å². The quantitative estimate of drug-likeness (QED) is 0.519. The molecule has 2 nitrogen and oxygen atoms in total. The summed E-state index contributed by atoms with van der Waals surface area (Å²) in [5.74, 6) is -1.40. The number of benzene rings is 2. The number of hydrogen-bond acceptors (Lipinski definition) is 1. The molecule has 0 heterocycles. The zero-order valence-electron chi connectivity index (χ0n) is 10.7. The smallest absolute Gasteiger partial charge is 1.00 e. The van der Waals surface area contributed by atoms with Gasteiger partial charge < -0.3 is 54.7 Å². The van der Waals surface area contributed by atoms with Gasteiger partial charge in [-0.2, -0.15) is 0 Å². The molecule has 0 bridgehead atoms. The zero-order chi connectivity index (χ0) is 11.4. The van der Waals surface area contributed by atoms with Crippen molar-refractivity contribution in [2.45, 2.75) is 5.92 Å². The van der Waals surface area contributed by atoms with Crippen molar-refractivity contribution < 1.29 is 81.2 Å². The van der Waals surface area contributed by atoms with E-state index in [1.54, 1.807) is 0 Å². The summed E-state index contributed by atoms with van der Waals surface area (Å²) in [6, 6.07) is 18.5. The molecule has 0 aromatic heterocycles. The van der Waals surface area contributed by atoms with E-state index in [0.717, 1.165) is 11.1 Å². The monoisotopic (exact) mass is 400 g/mol. The summed E-state index contributed by atoms with van der Waals surface area (Å²) in [6.07, 6.45) is 0. The summed E-state index contributed by atoms with van der Waals surface area (Å²) in [4.78, 5) is 11.3. The fraction of sp³-hybridized carbons (Fsp3) is 0.0714. The van der Waals surface area contributed by atoms with Gasteiger partial charge in [-0.05, 0) is 11.1 Å². The van der Waals surface area contributed by atoms with E-state index in [-0.39, 0.29) is 71.3 Å². The number of carboxylic acids is 1. The van der Waals surface area contributed by atoms with Crippen LogP contribution < -0.4 is 49.6 Å². The summed E-state index contributed by atoms with van der Waals surface area (Å²) in [6.45, 7) is 0. The van der Waals surface area contributed by atoms with Gasteiger partial charge in [0.1, 0.15) is 5.92 Å². The maximum Gasteiger partial charge on any atom is 4.00 e. The maximum absolute atomic E-state index is 11.3. The molecule has 0 amide bonds. The van der Waals surface area contributed by atoms with Gasteiger partial charge in [-0.15, -0.1) is 0 Å². The first-order chi connectivity index (χ1) is 7.79. The molecular weight excluding hydrogens is 390 g/mol. The SMILES string of the molecule is O=C(O)C(c1ccccc1)c1ccccc1.[Cl-].[Cl-].[Cl-].[Cl-].[Ti+4]. The second-order valence-electron chi connectivity index (χ2n) is 3.59. The molecule has 112 valence electrons. The Bertz CT molecular complexity index is 443. The van der Waals surface area contributed by atoms with E-state index >= 15 is 0 Å². The molecule has 1 N–H and O–H groups in total. The second kappa shape index (κ2) is 14.7. The van der Waals surface area contributed by atoms with Crippen molar-refractivity contribution in [2.75, 3.05) is 0 Å². The van der Waals surface area contributed by atoms with Gasteiger partial charge in [-0.25, -0.2) is 0 Å². The molecule has 0 aliphatic carbocycles. The van der Waals surface area contributed by atoms with Gasteiger partial charge in [0.05, 0.1) is 0 Å². The van der Waals surface area contributed by atoms with E-state index in [1.807, 2.05) is 60.7 Å². The fourth-order valence-corrected chi connectivity index (χ4v) is 1.77. The molecule has 0 spiro atoms. The van der Waals surface area contributed by atoms with Crippen molar-refractivity contribution in [3.63, 3.8) is 0 Å². The van der Waals surface area contributed by atoms with Gasteiger partial charge in [0.25, 0.3) is 0 Å². The summed E-state index contributed by atoms with van der Waals surface area (Å²) < 4.78 is 0. The average molecular weight is 402 g/mol. The number of aliphatic carboxylic acids is 1. The molecule has 0 unspecified atom stereocenters. The Morgan fingerprint density at radius 3 is 1.24 bits per heavy atom. The summed E-state index contributed by atoms with van der Waals surface area (Å²) in [5.41, 5.74) is 1.61. The van der Waals surface area contributed by atoms with Crippen molar-refractivity contribution in [1.29, 1.82) is 0 Å². The van der Waals surface area contributed by atoms with Gasteiger partial charge >= 0.3 is 27.7 Å². The minimum Gasteiger partial charge on any atom is -1.00 e. The van der Waals surface area contributed by atoms with E-state index in [9.17, 15) is 9.90 Å². The normalized spacial score (nSPS) is 7.86. The molecule has 0 aliphatic heterocycles. The van der Waals surface area contributed by atoms with Gasteiger partial charge in [0.15, 0.2) is 0 Å². The third-order valence-electron chi connectivity index (χ3n) is 2.51. The molecule has 2 aromatic rings. The summed E-state index contributed by atoms with van der Waals surface area (Å²) in [5, 5.41) is 9.28. The minimum atomic E-state index is -0.822. The van der Waals surface area contributed by atoms with Gasteiger partial charge in [0.2, 0.25) is 0 Å². The van der Waals surface area contributed by atoms with Gasteiger partial charge in [-0.1, -0.05) is 60.7 Å². The van der Waals surface area contributed by atoms with Crippen molar-refractivity contribution in [3.8, 4) is 0 Å². The Morgan fingerprint density at radius 1 is 0.714 bits per heavy atom. The standard InChI is InChI=1S/C14H12O2.4ClH.Ti/c15-14(16)13(11-7-3-1-4-8-11)12-9-5-2-6-10-12;;;;;/h1-10,13H,(H,15,16);4*1H;/q;;;;;+4/p-4. The van der Waals surface area contributed by atoms with Crippen molar-refractivity contribution >= 4 is 5.97 Å². The number of carbonyl (C=O) groups is 1. The van der Waals surface area contributed by atoms with E-state index in [0.29, 0.717) is 0 Å². The Balaban J connectivity index is -0.000000289. The number of rotatable bonds is 3. The minimum absolute atomic E-state index is 0.